The van der Waals surface area contributed by atoms with Crippen LogP contribution in [0.4, 0.5) is 13.2 Å². The number of imidazole rings is 1. The molecule has 1 aliphatic rings. The van der Waals surface area contributed by atoms with Gasteiger partial charge >= 0.3 is 0 Å². The molecule has 0 fully saturated rings. The van der Waals surface area contributed by atoms with Gasteiger partial charge in [0.05, 0.1) is 23.6 Å². The van der Waals surface area contributed by atoms with Gasteiger partial charge in [0, 0.05) is 30.3 Å². The first-order valence-corrected chi connectivity index (χ1v) is 10.9. The Hall–Kier alpha value is -3.60. The van der Waals surface area contributed by atoms with Crippen molar-refractivity contribution >= 4 is 17.4 Å². The van der Waals surface area contributed by atoms with Crippen LogP contribution in [0.3, 0.4) is 0 Å². The predicted octanol–water partition coefficient (Wildman–Crippen LogP) is 4.41. The number of fused-ring (bicyclic) bond motifs is 1. The van der Waals surface area contributed by atoms with E-state index in [2.05, 4.69) is 19.3 Å². The number of aromatic nitrogens is 5. The lowest BCUT2D eigenvalue weighted by molar-refractivity contribution is 0.0645. The minimum atomic E-state index is -0.843. The Morgan fingerprint density at radius 3 is 2.58 bits per heavy atom. The van der Waals surface area contributed by atoms with E-state index in [4.69, 9.17) is 0 Å². The molecule has 7 nitrogen and oxygen atoms in total. The number of pyridine rings is 1. The molecule has 33 heavy (non-hydrogen) atoms. The lowest BCUT2D eigenvalue weighted by Gasteiger charge is -2.35. The van der Waals surface area contributed by atoms with Crippen molar-refractivity contribution in [2.75, 3.05) is 6.54 Å². The number of hydrogen-bond acceptors (Lipinski definition) is 6. The highest BCUT2D eigenvalue weighted by molar-refractivity contribution is 7.09. The van der Waals surface area contributed by atoms with Gasteiger partial charge in [-0.25, -0.2) is 23.7 Å². The molecule has 0 N–H and O–H groups in total. The zero-order chi connectivity index (χ0) is 23.3. The van der Waals surface area contributed by atoms with Gasteiger partial charge in [0.1, 0.15) is 11.6 Å². The minimum Gasteiger partial charge on any atom is -0.329 e. The number of hydrogen-bond donors (Lipinski definition) is 0. The first-order chi connectivity index (χ1) is 15.8. The molecule has 4 aromatic rings. The average molecular weight is 470 g/mol. The highest BCUT2D eigenvalue weighted by Crippen LogP contribution is 2.39. The molecule has 0 radical (unpaired) electrons. The van der Waals surface area contributed by atoms with Crippen molar-refractivity contribution in [3.05, 3.63) is 71.2 Å². The quantitative estimate of drug-likeness (QED) is 0.415. The Balaban J connectivity index is 1.65. The van der Waals surface area contributed by atoms with E-state index in [0.29, 0.717) is 41.0 Å². The van der Waals surface area contributed by atoms with Crippen LogP contribution in [0.1, 0.15) is 34.8 Å². The summed E-state index contributed by atoms with van der Waals surface area (Å²) >= 11 is 1.16. The van der Waals surface area contributed by atoms with Gasteiger partial charge in [-0.3, -0.25) is 4.79 Å². The molecular formula is C22H17F3N6OS. The van der Waals surface area contributed by atoms with E-state index < -0.39 is 23.6 Å². The number of benzene rings is 1. The molecule has 1 amide bonds. The minimum absolute atomic E-state index is 0.0540. The number of aryl methyl sites for hydroxylation is 1. The second-order valence-corrected chi connectivity index (χ2v) is 8.39. The molecule has 1 aromatic carbocycles. The van der Waals surface area contributed by atoms with Crippen LogP contribution in [0.25, 0.3) is 22.1 Å². The van der Waals surface area contributed by atoms with Gasteiger partial charge in [-0.05, 0) is 49.6 Å². The van der Waals surface area contributed by atoms with Crippen molar-refractivity contribution in [2.45, 2.75) is 26.4 Å². The van der Waals surface area contributed by atoms with Gasteiger partial charge in [-0.15, -0.1) is 0 Å². The summed E-state index contributed by atoms with van der Waals surface area (Å²) in [6.45, 7) is 4.26. The molecule has 0 saturated carbocycles. The van der Waals surface area contributed by atoms with E-state index in [0.717, 1.165) is 23.8 Å². The Morgan fingerprint density at radius 1 is 1.12 bits per heavy atom. The van der Waals surface area contributed by atoms with Crippen molar-refractivity contribution in [2.24, 2.45) is 0 Å². The summed E-state index contributed by atoms with van der Waals surface area (Å²) in [5.41, 5.74) is 1.03. The molecule has 0 aliphatic carbocycles. The highest BCUT2D eigenvalue weighted by atomic mass is 32.1. The SMILES string of the molecule is Cc1nsc(-c2nc(-c3cc(F)ncc3F)c3n2CCN(C(=O)c2ccc(F)cc2)C3C)n1. The second kappa shape index (κ2) is 8.07. The van der Waals surface area contributed by atoms with Crippen molar-refractivity contribution < 1.29 is 18.0 Å². The zero-order valence-corrected chi connectivity index (χ0v) is 18.4. The molecule has 1 unspecified atom stereocenters. The van der Waals surface area contributed by atoms with Crippen LogP contribution in [0, 0.1) is 24.5 Å². The van der Waals surface area contributed by atoms with E-state index in [1.54, 1.807) is 18.7 Å². The average Bonchev–Trinajstić information content (AvgIpc) is 3.40. The summed E-state index contributed by atoms with van der Waals surface area (Å²) in [4.78, 5) is 27.2. The van der Waals surface area contributed by atoms with Crippen molar-refractivity contribution in [3.8, 4) is 22.1 Å². The maximum absolute atomic E-state index is 14.7. The van der Waals surface area contributed by atoms with Crippen LogP contribution >= 0.6 is 11.5 Å². The topological polar surface area (TPSA) is 76.8 Å². The summed E-state index contributed by atoms with van der Waals surface area (Å²) in [6, 6.07) is 5.75. The number of carbonyl (C=O) groups excluding carboxylic acids is 1. The fourth-order valence-corrected chi connectivity index (χ4v) is 4.71. The molecule has 0 saturated heterocycles. The van der Waals surface area contributed by atoms with E-state index in [9.17, 15) is 18.0 Å². The Morgan fingerprint density at radius 2 is 1.88 bits per heavy atom. The van der Waals surface area contributed by atoms with Crippen molar-refractivity contribution in [1.29, 1.82) is 0 Å². The van der Waals surface area contributed by atoms with Crippen LogP contribution in [-0.4, -0.2) is 41.2 Å². The number of carbonyl (C=O) groups is 1. The molecule has 168 valence electrons. The van der Waals surface area contributed by atoms with Gasteiger partial charge in [0.25, 0.3) is 5.91 Å². The molecule has 0 bridgehead atoms. The number of halogens is 3. The maximum atomic E-state index is 14.7. The molecule has 3 aromatic heterocycles. The monoisotopic (exact) mass is 470 g/mol. The van der Waals surface area contributed by atoms with Gasteiger partial charge in [-0.2, -0.15) is 8.76 Å². The van der Waals surface area contributed by atoms with Gasteiger partial charge in [0.15, 0.2) is 16.6 Å². The first-order valence-electron chi connectivity index (χ1n) is 10.1. The summed E-state index contributed by atoms with van der Waals surface area (Å²) in [5.74, 6) is -1.26. The summed E-state index contributed by atoms with van der Waals surface area (Å²) in [7, 11) is 0. The molecule has 4 heterocycles. The van der Waals surface area contributed by atoms with Crippen molar-refractivity contribution in [1.82, 2.24) is 28.8 Å². The van der Waals surface area contributed by atoms with Crippen LogP contribution in [-0.2, 0) is 6.54 Å². The fraction of sp³-hybridized carbons (Fsp3) is 0.227. The van der Waals surface area contributed by atoms with Gasteiger partial charge in [0.2, 0.25) is 5.95 Å². The summed E-state index contributed by atoms with van der Waals surface area (Å²) in [6.07, 6.45) is 0.806. The molecule has 1 atom stereocenters. The largest absolute Gasteiger partial charge is 0.329 e. The zero-order valence-electron chi connectivity index (χ0n) is 17.6. The lowest BCUT2D eigenvalue weighted by Crippen LogP contribution is -2.41. The van der Waals surface area contributed by atoms with E-state index in [1.165, 1.54) is 24.3 Å². The van der Waals surface area contributed by atoms with Crippen LogP contribution in [0.2, 0.25) is 0 Å². The second-order valence-electron chi connectivity index (χ2n) is 7.64. The lowest BCUT2D eigenvalue weighted by atomic mass is 10.0. The number of nitrogens with zero attached hydrogens (tertiary/aromatic N) is 6. The normalized spacial score (nSPS) is 15.5. The van der Waals surface area contributed by atoms with Crippen LogP contribution in [0.15, 0.2) is 36.5 Å². The standard InChI is InChI=1S/C22H17F3N6OS/c1-11-19-18(15-9-17(25)26-10-16(15)24)28-20(21-27-12(2)29-33-21)31(19)8-7-30(11)22(32)13-3-5-14(23)6-4-13/h3-6,9-11H,7-8H2,1-2H3. The smallest absolute Gasteiger partial charge is 0.254 e. The third-order valence-electron chi connectivity index (χ3n) is 5.58. The Bertz CT molecular complexity index is 1370. The molecular weight excluding hydrogens is 453 g/mol. The molecule has 5 rings (SSSR count). The third-order valence-corrected chi connectivity index (χ3v) is 6.38. The fourth-order valence-electron chi connectivity index (χ4n) is 4.04. The molecule has 0 spiro atoms. The third kappa shape index (κ3) is 3.67. The summed E-state index contributed by atoms with van der Waals surface area (Å²) in [5, 5.41) is 0.542. The van der Waals surface area contributed by atoms with Crippen LogP contribution in [0.5, 0.6) is 0 Å². The maximum Gasteiger partial charge on any atom is 0.254 e. The number of amides is 1. The molecule has 11 heteroatoms. The predicted molar refractivity (Wildman–Crippen MR) is 115 cm³/mol. The van der Waals surface area contributed by atoms with E-state index in [1.807, 2.05) is 4.57 Å². The number of rotatable bonds is 3. The van der Waals surface area contributed by atoms with Crippen LogP contribution < -0.4 is 0 Å². The van der Waals surface area contributed by atoms with E-state index in [-0.39, 0.29) is 17.2 Å². The molecule has 1 aliphatic heterocycles. The van der Waals surface area contributed by atoms with Gasteiger partial charge in [-0.1, -0.05) is 0 Å². The van der Waals surface area contributed by atoms with Crippen molar-refractivity contribution in [3.63, 3.8) is 0 Å². The highest BCUT2D eigenvalue weighted by Gasteiger charge is 2.35. The Kier molecular flexibility index (Phi) is 5.20. The van der Waals surface area contributed by atoms with Gasteiger partial charge < -0.3 is 9.47 Å². The Labute approximate surface area is 190 Å². The first kappa shape index (κ1) is 21.3. The van der Waals surface area contributed by atoms with E-state index >= 15 is 0 Å². The summed E-state index contributed by atoms with van der Waals surface area (Å²) < 4.78 is 48.0.